The standard InChI is InChI=1S/C17H26N2O/c1-12(2)20-16-7-3-13(4-8-16)17-14(11-18)9-10-19(17)15-5-6-15/h3-4,7-8,12,14-15,17H,5-6,9-11,18H2,1-2H3. The zero-order valence-electron chi connectivity index (χ0n) is 12.6. The number of ether oxygens (including phenoxy) is 1. The maximum absolute atomic E-state index is 5.99. The average molecular weight is 274 g/mol. The molecule has 1 saturated heterocycles. The Morgan fingerprint density at radius 1 is 1.20 bits per heavy atom. The van der Waals surface area contributed by atoms with Crippen molar-refractivity contribution in [3.8, 4) is 5.75 Å². The van der Waals surface area contributed by atoms with Crippen LogP contribution < -0.4 is 10.5 Å². The van der Waals surface area contributed by atoms with Gasteiger partial charge in [0, 0.05) is 12.1 Å². The number of nitrogens with zero attached hydrogens (tertiary/aromatic N) is 1. The Hall–Kier alpha value is -1.06. The predicted octanol–water partition coefficient (Wildman–Crippen LogP) is 2.96. The molecule has 2 aliphatic rings. The van der Waals surface area contributed by atoms with E-state index in [1.165, 1.54) is 31.4 Å². The first-order valence-corrected chi connectivity index (χ1v) is 7.91. The van der Waals surface area contributed by atoms with Crippen molar-refractivity contribution in [1.29, 1.82) is 0 Å². The van der Waals surface area contributed by atoms with Gasteiger partial charge in [-0.1, -0.05) is 12.1 Å². The van der Waals surface area contributed by atoms with Crippen LogP contribution >= 0.6 is 0 Å². The molecule has 1 heterocycles. The van der Waals surface area contributed by atoms with Crippen LogP contribution in [0.3, 0.4) is 0 Å². The third-order valence-corrected chi connectivity index (χ3v) is 4.47. The lowest BCUT2D eigenvalue weighted by Gasteiger charge is -2.28. The maximum atomic E-state index is 5.99. The summed E-state index contributed by atoms with van der Waals surface area (Å²) >= 11 is 0. The van der Waals surface area contributed by atoms with Gasteiger partial charge in [-0.15, -0.1) is 0 Å². The van der Waals surface area contributed by atoms with Crippen LogP contribution in [0.25, 0.3) is 0 Å². The lowest BCUT2D eigenvalue weighted by Crippen LogP contribution is -2.29. The molecule has 2 atom stereocenters. The molecule has 0 aromatic heterocycles. The van der Waals surface area contributed by atoms with Gasteiger partial charge in [0.15, 0.2) is 0 Å². The molecule has 1 aliphatic carbocycles. The molecule has 0 bridgehead atoms. The van der Waals surface area contributed by atoms with Crippen LogP contribution in [0.1, 0.15) is 44.7 Å². The zero-order chi connectivity index (χ0) is 14.1. The van der Waals surface area contributed by atoms with Crippen LogP contribution in [-0.4, -0.2) is 30.1 Å². The van der Waals surface area contributed by atoms with Gasteiger partial charge in [0.1, 0.15) is 5.75 Å². The van der Waals surface area contributed by atoms with Gasteiger partial charge in [0.2, 0.25) is 0 Å². The second-order valence-corrected chi connectivity index (χ2v) is 6.43. The van der Waals surface area contributed by atoms with E-state index >= 15 is 0 Å². The van der Waals surface area contributed by atoms with Gasteiger partial charge < -0.3 is 10.5 Å². The zero-order valence-corrected chi connectivity index (χ0v) is 12.6. The molecule has 2 fully saturated rings. The Morgan fingerprint density at radius 2 is 1.90 bits per heavy atom. The summed E-state index contributed by atoms with van der Waals surface area (Å²) in [7, 11) is 0. The molecule has 1 aromatic rings. The number of likely N-dealkylation sites (tertiary alicyclic amines) is 1. The van der Waals surface area contributed by atoms with Crippen molar-refractivity contribution in [2.75, 3.05) is 13.1 Å². The van der Waals surface area contributed by atoms with Crippen LogP contribution in [0.2, 0.25) is 0 Å². The molecule has 3 rings (SSSR count). The van der Waals surface area contributed by atoms with Gasteiger partial charge >= 0.3 is 0 Å². The lowest BCUT2D eigenvalue weighted by molar-refractivity contribution is 0.219. The molecule has 3 heteroatoms. The Kier molecular flexibility index (Phi) is 3.99. The Morgan fingerprint density at radius 3 is 2.45 bits per heavy atom. The second kappa shape index (κ2) is 5.74. The van der Waals surface area contributed by atoms with Gasteiger partial charge in [-0.05, 0) is 69.8 Å². The van der Waals surface area contributed by atoms with Crippen molar-refractivity contribution >= 4 is 0 Å². The lowest BCUT2D eigenvalue weighted by atomic mass is 9.93. The highest BCUT2D eigenvalue weighted by Crippen LogP contribution is 2.43. The quantitative estimate of drug-likeness (QED) is 0.897. The van der Waals surface area contributed by atoms with Crippen LogP contribution in [0.15, 0.2) is 24.3 Å². The Labute approximate surface area is 122 Å². The van der Waals surface area contributed by atoms with Gasteiger partial charge in [0.05, 0.1) is 6.10 Å². The minimum absolute atomic E-state index is 0.229. The minimum atomic E-state index is 0.229. The van der Waals surface area contributed by atoms with Crippen molar-refractivity contribution in [3.05, 3.63) is 29.8 Å². The molecular weight excluding hydrogens is 248 g/mol. The molecule has 1 saturated carbocycles. The third kappa shape index (κ3) is 2.84. The predicted molar refractivity (Wildman–Crippen MR) is 81.8 cm³/mol. The van der Waals surface area contributed by atoms with Crippen LogP contribution in [0.5, 0.6) is 5.75 Å². The van der Waals surface area contributed by atoms with E-state index in [0.717, 1.165) is 18.3 Å². The summed E-state index contributed by atoms with van der Waals surface area (Å²) in [5.74, 6) is 1.57. The van der Waals surface area contributed by atoms with Crippen LogP contribution in [0, 0.1) is 5.92 Å². The first kappa shape index (κ1) is 13.9. The first-order valence-electron chi connectivity index (χ1n) is 7.91. The number of rotatable bonds is 5. The Bertz CT molecular complexity index is 439. The molecule has 0 amide bonds. The first-order chi connectivity index (χ1) is 9.69. The van der Waals surface area contributed by atoms with Crippen LogP contribution in [-0.2, 0) is 0 Å². The van der Waals surface area contributed by atoms with Crippen LogP contribution in [0.4, 0.5) is 0 Å². The van der Waals surface area contributed by atoms with Crippen molar-refractivity contribution in [2.45, 2.75) is 51.3 Å². The summed E-state index contributed by atoms with van der Waals surface area (Å²) in [5.41, 5.74) is 7.39. The van der Waals surface area contributed by atoms with E-state index in [9.17, 15) is 0 Å². The SMILES string of the molecule is CC(C)Oc1ccc(C2C(CN)CCN2C2CC2)cc1. The van der Waals surface area contributed by atoms with E-state index < -0.39 is 0 Å². The molecule has 2 unspecified atom stereocenters. The van der Waals surface area contributed by atoms with Crippen molar-refractivity contribution in [1.82, 2.24) is 4.90 Å². The second-order valence-electron chi connectivity index (χ2n) is 6.43. The van der Waals surface area contributed by atoms with Gasteiger partial charge in [0.25, 0.3) is 0 Å². The molecule has 0 spiro atoms. The monoisotopic (exact) mass is 274 g/mol. The van der Waals surface area contributed by atoms with E-state index in [-0.39, 0.29) is 6.10 Å². The largest absolute Gasteiger partial charge is 0.491 e. The van der Waals surface area contributed by atoms with E-state index in [0.29, 0.717) is 12.0 Å². The van der Waals surface area contributed by atoms with E-state index in [2.05, 4.69) is 43.0 Å². The summed E-state index contributed by atoms with van der Waals surface area (Å²) in [6.45, 7) is 6.12. The summed E-state index contributed by atoms with van der Waals surface area (Å²) in [6.07, 6.45) is 4.19. The highest BCUT2D eigenvalue weighted by atomic mass is 16.5. The molecule has 0 radical (unpaired) electrons. The molecular formula is C17H26N2O. The minimum Gasteiger partial charge on any atom is -0.491 e. The van der Waals surface area contributed by atoms with E-state index in [1.807, 2.05) is 0 Å². The summed E-state index contributed by atoms with van der Waals surface area (Å²) in [4.78, 5) is 2.68. The number of nitrogens with two attached hydrogens (primary N) is 1. The number of benzene rings is 1. The number of hydrogen-bond acceptors (Lipinski definition) is 3. The topological polar surface area (TPSA) is 38.5 Å². The molecule has 1 aromatic carbocycles. The molecule has 2 N–H and O–H groups in total. The molecule has 1 aliphatic heterocycles. The van der Waals surface area contributed by atoms with Gasteiger partial charge in [-0.3, -0.25) is 4.90 Å². The van der Waals surface area contributed by atoms with Crippen molar-refractivity contribution < 1.29 is 4.74 Å². The van der Waals surface area contributed by atoms with Gasteiger partial charge in [-0.2, -0.15) is 0 Å². The smallest absolute Gasteiger partial charge is 0.119 e. The van der Waals surface area contributed by atoms with E-state index in [1.54, 1.807) is 0 Å². The van der Waals surface area contributed by atoms with E-state index in [4.69, 9.17) is 10.5 Å². The average Bonchev–Trinajstić information content (AvgIpc) is 3.18. The molecule has 110 valence electrons. The maximum Gasteiger partial charge on any atom is 0.119 e. The molecule has 3 nitrogen and oxygen atoms in total. The summed E-state index contributed by atoms with van der Waals surface area (Å²) in [6, 6.07) is 9.99. The fourth-order valence-electron chi connectivity index (χ4n) is 3.42. The third-order valence-electron chi connectivity index (χ3n) is 4.47. The van der Waals surface area contributed by atoms with Gasteiger partial charge in [-0.25, -0.2) is 0 Å². The van der Waals surface area contributed by atoms with Crippen molar-refractivity contribution in [2.24, 2.45) is 11.7 Å². The highest BCUT2D eigenvalue weighted by molar-refractivity contribution is 5.30. The van der Waals surface area contributed by atoms with Crippen molar-refractivity contribution in [3.63, 3.8) is 0 Å². The molecule has 20 heavy (non-hydrogen) atoms. The normalized spacial score (nSPS) is 27.2. The summed E-state index contributed by atoms with van der Waals surface area (Å²) in [5, 5.41) is 0. The fraction of sp³-hybridized carbons (Fsp3) is 0.647. The summed E-state index contributed by atoms with van der Waals surface area (Å²) < 4.78 is 5.73. The highest BCUT2D eigenvalue weighted by Gasteiger charge is 2.41. The Balaban J connectivity index is 1.78. The number of hydrogen-bond donors (Lipinski definition) is 1. The fourth-order valence-corrected chi connectivity index (χ4v) is 3.42.